The molecule has 1 amide bonds. The van der Waals surface area contributed by atoms with Gasteiger partial charge in [-0.3, -0.25) is 19.4 Å². The molecule has 188 valence electrons. The van der Waals surface area contributed by atoms with Crippen molar-refractivity contribution in [3.05, 3.63) is 88.7 Å². The van der Waals surface area contributed by atoms with Gasteiger partial charge < -0.3 is 9.64 Å². The van der Waals surface area contributed by atoms with Crippen LogP contribution in [0, 0.1) is 5.82 Å². The number of carbonyl (C=O) groups excluding carboxylic acids is 3. The molecule has 0 aliphatic carbocycles. The number of rotatable bonds is 9. The van der Waals surface area contributed by atoms with Crippen LogP contribution >= 0.6 is 11.3 Å². The normalized spacial score (nSPS) is 13.2. The summed E-state index contributed by atoms with van der Waals surface area (Å²) in [5, 5.41) is 0. The van der Waals surface area contributed by atoms with Crippen molar-refractivity contribution in [2.75, 3.05) is 13.1 Å². The fourth-order valence-electron chi connectivity index (χ4n) is 4.43. The molecule has 5 rings (SSSR count). The molecule has 0 atom stereocenters. The number of carbonyl (C=O) groups is 3. The first-order valence-corrected chi connectivity index (χ1v) is 13.0. The van der Waals surface area contributed by atoms with Crippen LogP contribution in [0.5, 0.6) is 11.5 Å². The molecule has 1 aliphatic heterocycles. The van der Waals surface area contributed by atoms with Crippen LogP contribution < -0.4 is 4.74 Å². The van der Waals surface area contributed by atoms with Crippen molar-refractivity contribution in [2.45, 2.75) is 32.1 Å². The number of ether oxygens (including phenoxy) is 1. The van der Waals surface area contributed by atoms with E-state index in [2.05, 4.69) is 4.98 Å². The lowest BCUT2D eigenvalue weighted by molar-refractivity contribution is -0.126. The molecule has 1 fully saturated rings. The Bertz CT molecular complexity index is 1460. The molecule has 0 N–H and O–H groups in total. The molecule has 6 nitrogen and oxygen atoms in total. The van der Waals surface area contributed by atoms with Crippen LogP contribution in [-0.2, 0) is 22.4 Å². The summed E-state index contributed by atoms with van der Waals surface area (Å²) in [6.45, 7) is 1.51. The summed E-state index contributed by atoms with van der Waals surface area (Å²) in [6.07, 6.45) is 3.54. The molecule has 4 aromatic rings. The monoisotopic (exact) mass is 516 g/mol. The third-order valence-electron chi connectivity index (χ3n) is 6.24. The zero-order valence-corrected chi connectivity index (χ0v) is 20.9. The summed E-state index contributed by atoms with van der Waals surface area (Å²) in [5.41, 5.74) is 1.95. The van der Waals surface area contributed by atoms with Crippen molar-refractivity contribution in [3.8, 4) is 11.5 Å². The first-order chi connectivity index (χ1) is 18.0. The van der Waals surface area contributed by atoms with E-state index in [9.17, 15) is 18.8 Å². The third kappa shape index (κ3) is 5.91. The van der Waals surface area contributed by atoms with Gasteiger partial charge in [0.15, 0.2) is 11.6 Å². The van der Waals surface area contributed by atoms with Crippen LogP contribution in [0.4, 0.5) is 4.39 Å². The molecule has 1 aliphatic rings. The Morgan fingerprint density at radius 3 is 2.35 bits per heavy atom. The maximum Gasteiger partial charge on any atom is 0.264 e. The van der Waals surface area contributed by atoms with Crippen LogP contribution in [0.15, 0.2) is 66.9 Å². The maximum atomic E-state index is 14.9. The highest BCUT2D eigenvalue weighted by atomic mass is 32.1. The Morgan fingerprint density at radius 1 is 0.892 bits per heavy atom. The smallest absolute Gasteiger partial charge is 0.264 e. The highest BCUT2D eigenvalue weighted by Crippen LogP contribution is 2.36. The van der Waals surface area contributed by atoms with Crippen LogP contribution in [0.3, 0.4) is 0 Å². The summed E-state index contributed by atoms with van der Waals surface area (Å²) >= 11 is 1.28. The lowest BCUT2D eigenvalue weighted by atomic mass is 10.0. The molecule has 2 aromatic heterocycles. The van der Waals surface area contributed by atoms with E-state index in [0.29, 0.717) is 26.4 Å². The largest absolute Gasteiger partial charge is 0.453 e. The number of thiophene rings is 1. The molecular formula is C29H25FN2O4S. The lowest BCUT2D eigenvalue weighted by Gasteiger charge is -2.13. The Hall–Kier alpha value is -3.91. The summed E-state index contributed by atoms with van der Waals surface area (Å²) in [6, 6.07) is 17.0. The van der Waals surface area contributed by atoms with E-state index in [1.165, 1.54) is 23.5 Å². The zero-order valence-electron chi connectivity index (χ0n) is 20.1. The van der Waals surface area contributed by atoms with Gasteiger partial charge in [0, 0.05) is 38.2 Å². The van der Waals surface area contributed by atoms with Gasteiger partial charge in [-0.25, -0.2) is 4.39 Å². The molecule has 2 aromatic carbocycles. The van der Waals surface area contributed by atoms with E-state index in [1.807, 2.05) is 35.2 Å². The molecule has 37 heavy (non-hydrogen) atoms. The summed E-state index contributed by atoms with van der Waals surface area (Å²) < 4.78 is 21.4. The number of likely N-dealkylation sites (tertiary alicyclic amines) is 1. The molecule has 8 heteroatoms. The minimum absolute atomic E-state index is 0.00433. The fourth-order valence-corrected chi connectivity index (χ4v) is 5.46. The quantitative estimate of drug-likeness (QED) is 0.264. The van der Waals surface area contributed by atoms with Crippen LogP contribution in [0.1, 0.15) is 40.1 Å². The van der Waals surface area contributed by atoms with Gasteiger partial charge in [0.05, 0.1) is 21.5 Å². The second kappa shape index (κ2) is 11.0. The maximum absolute atomic E-state index is 14.9. The number of fused-ring (bicyclic) bond motifs is 1. The Labute approximate surface area is 217 Å². The molecule has 0 radical (unpaired) electrons. The first-order valence-electron chi connectivity index (χ1n) is 12.2. The number of halogens is 1. The molecule has 1 saturated heterocycles. The summed E-state index contributed by atoms with van der Waals surface area (Å²) in [7, 11) is 0. The number of ketones is 2. The lowest BCUT2D eigenvalue weighted by Crippen LogP contribution is -2.26. The van der Waals surface area contributed by atoms with Crippen molar-refractivity contribution in [2.24, 2.45) is 0 Å². The number of hydrogen-bond donors (Lipinski definition) is 0. The van der Waals surface area contributed by atoms with Crippen molar-refractivity contribution in [3.63, 3.8) is 0 Å². The van der Waals surface area contributed by atoms with E-state index in [-0.39, 0.29) is 42.5 Å². The topological polar surface area (TPSA) is 76.6 Å². The van der Waals surface area contributed by atoms with Crippen molar-refractivity contribution >= 4 is 39.0 Å². The Balaban J connectivity index is 1.25. The molecule has 0 spiro atoms. The summed E-state index contributed by atoms with van der Waals surface area (Å²) in [5.74, 6) is -0.658. The van der Waals surface area contributed by atoms with Gasteiger partial charge in [-0.2, -0.15) is 0 Å². The first kappa shape index (κ1) is 24.8. The van der Waals surface area contributed by atoms with Crippen molar-refractivity contribution < 1.29 is 23.5 Å². The van der Waals surface area contributed by atoms with E-state index in [1.54, 1.807) is 24.4 Å². The predicted octanol–water partition coefficient (Wildman–Crippen LogP) is 5.78. The third-order valence-corrected chi connectivity index (χ3v) is 7.36. The van der Waals surface area contributed by atoms with Gasteiger partial charge in [-0.1, -0.05) is 36.4 Å². The minimum atomic E-state index is -0.615. The number of benzene rings is 2. The van der Waals surface area contributed by atoms with E-state index in [0.717, 1.165) is 31.5 Å². The minimum Gasteiger partial charge on any atom is -0.453 e. The Kier molecular flexibility index (Phi) is 7.37. The molecular weight excluding hydrogens is 491 g/mol. The van der Waals surface area contributed by atoms with Gasteiger partial charge in [0.1, 0.15) is 17.3 Å². The van der Waals surface area contributed by atoms with E-state index in [4.69, 9.17) is 4.74 Å². The fraction of sp³-hybridized carbons (Fsp3) is 0.241. The number of Topliss-reactive ketones (excluding diaryl/α,β-unsaturated/α-hetero) is 2. The molecule has 0 unspecified atom stereocenters. The average molecular weight is 517 g/mol. The second-order valence-electron chi connectivity index (χ2n) is 9.09. The average Bonchev–Trinajstić information content (AvgIpc) is 3.57. The van der Waals surface area contributed by atoms with Crippen LogP contribution in [-0.4, -0.2) is 40.4 Å². The number of aromatic nitrogens is 1. The molecule has 0 saturated carbocycles. The second-order valence-corrected chi connectivity index (χ2v) is 10.1. The number of amides is 1. The zero-order chi connectivity index (χ0) is 25.8. The molecule has 3 heterocycles. The standard InChI is InChI=1S/C29H25FN2O4S/c30-23-16-20(15-22(34)17-21(33)14-19-6-2-1-3-7-19)8-9-25(23)36-26-10-11-31-24-18-27(37-28(24)26)29(35)32-12-4-5-13-32/h1-3,6-11,16,18H,4-5,12-15,17H2. The highest BCUT2D eigenvalue weighted by molar-refractivity contribution is 7.21. The van der Waals surface area contributed by atoms with Gasteiger partial charge in [0.25, 0.3) is 5.91 Å². The van der Waals surface area contributed by atoms with Gasteiger partial charge >= 0.3 is 0 Å². The number of pyridine rings is 1. The van der Waals surface area contributed by atoms with Gasteiger partial charge in [-0.15, -0.1) is 11.3 Å². The number of hydrogen-bond acceptors (Lipinski definition) is 6. The molecule has 0 bridgehead atoms. The van der Waals surface area contributed by atoms with Crippen LogP contribution in [0.2, 0.25) is 0 Å². The number of nitrogens with zero attached hydrogens (tertiary/aromatic N) is 2. The van der Waals surface area contributed by atoms with E-state index < -0.39 is 5.82 Å². The van der Waals surface area contributed by atoms with Crippen molar-refractivity contribution in [1.82, 2.24) is 9.88 Å². The van der Waals surface area contributed by atoms with Gasteiger partial charge in [-0.05, 0) is 42.2 Å². The van der Waals surface area contributed by atoms with Crippen LogP contribution in [0.25, 0.3) is 10.2 Å². The summed E-state index contributed by atoms with van der Waals surface area (Å²) in [4.78, 5) is 44.1. The highest BCUT2D eigenvalue weighted by Gasteiger charge is 2.23. The SMILES string of the molecule is O=C(CC(=O)Cc1ccc(Oc2ccnc3cc(C(=O)N4CCCC4)sc23)c(F)c1)Cc1ccccc1. The Morgan fingerprint density at radius 2 is 1.62 bits per heavy atom. The van der Waals surface area contributed by atoms with E-state index >= 15 is 0 Å². The van der Waals surface area contributed by atoms with Crippen molar-refractivity contribution in [1.29, 1.82) is 0 Å². The predicted molar refractivity (Wildman–Crippen MR) is 140 cm³/mol. The van der Waals surface area contributed by atoms with Gasteiger partial charge in [0.2, 0.25) is 0 Å².